The number of nitrogens with zero attached hydrogens (tertiary/aromatic N) is 1. The van der Waals surface area contributed by atoms with Crippen LogP contribution < -0.4 is 0 Å². The molecule has 2 heterocycles. The number of thiophene rings is 1. The molecule has 72 valence electrons. The molecule has 0 saturated carbocycles. The van der Waals surface area contributed by atoms with E-state index in [1.807, 2.05) is 23.1 Å². The van der Waals surface area contributed by atoms with Crippen LogP contribution in [0.3, 0.4) is 0 Å². The fourth-order valence-corrected chi connectivity index (χ4v) is 3.35. The van der Waals surface area contributed by atoms with Crippen LogP contribution >= 0.6 is 23.1 Å². The van der Waals surface area contributed by atoms with Gasteiger partial charge in [0, 0.05) is 11.4 Å². The lowest BCUT2D eigenvalue weighted by Crippen LogP contribution is -2.17. The van der Waals surface area contributed by atoms with E-state index in [9.17, 15) is 0 Å². The van der Waals surface area contributed by atoms with Gasteiger partial charge < -0.3 is 0 Å². The molecule has 1 saturated heterocycles. The van der Waals surface area contributed by atoms with Gasteiger partial charge in [-0.2, -0.15) is 0 Å². The van der Waals surface area contributed by atoms with E-state index >= 15 is 0 Å². The summed E-state index contributed by atoms with van der Waals surface area (Å²) in [5, 5.41) is 0. The molecule has 1 nitrogen and oxygen atoms in total. The Morgan fingerprint density at radius 3 is 2.77 bits per heavy atom. The first-order valence-corrected chi connectivity index (χ1v) is 6.77. The van der Waals surface area contributed by atoms with Gasteiger partial charge in [-0.1, -0.05) is 0 Å². The van der Waals surface area contributed by atoms with Crippen LogP contribution in [0, 0.1) is 0 Å². The number of hydrogen-bond donors (Lipinski definition) is 0. The number of likely N-dealkylation sites (tertiary alicyclic amines) is 1. The summed E-state index contributed by atoms with van der Waals surface area (Å²) in [5.74, 6) is 0. The van der Waals surface area contributed by atoms with Crippen molar-refractivity contribution in [1.29, 1.82) is 0 Å². The molecule has 0 unspecified atom stereocenters. The van der Waals surface area contributed by atoms with Gasteiger partial charge >= 0.3 is 0 Å². The van der Waals surface area contributed by atoms with Crippen molar-refractivity contribution in [1.82, 2.24) is 4.90 Å². The maximum Gasteiger partial charge on any atom is 0.0599 e. The van der Waals surface area contributed by atoms with Gasteiger partial charge in [0.2, 0.25) is 0 Å². The highest BCUT2D eigenvalue weighted by molar-refractivity contribution is 8.00. The average molecular weight is 213 g/mol. The summed E-state index contributed by atoms with van der Waals surface area (Å²) < 4.78 is 1.44. The van der Waals surface area contributed by atoms with Gasteiger partial charge in [0.15, 0.2) is 0 Å². The molecule has 13 heavy (non-hydrogen) atoms. The molecule has 1 fully saturated rings. The van der Waals surface area contributed by atoms with Crippen LogP contribution in [0.15, 0.2) is 16.3 Å². The van der Waals surface area contributed by atoms with Crippen LogP contribution in [-0.2, 0) is 6.54 Å². The van der Waals surface area contributed by atoms with Crippen LogP contribution in [0.25, 0.3) is 0 Å². The van der Waals surface area contributed by atoms with Crippen LogP contribution in [-0.4, -0.2) is 24.2 Å². The summed E-state index contributed by atoms with van der Waals surface area (Å²) in [5.41, 5.74) is 0. The van der Waals surface area contributed by atoms with Crippen LogP contribution in [0.1, 0.15) is 17.7 Å². The van der Waals surface area contributed by atoms with Crippen LogP contribution in [0.2, 0.25) is 0 Å². The summed E-state index contributed by atoms with van der Waals surface area (Å²) in [7, 11) is 0. The lowest BCUT2D eigenvalue weighted by Gasteiger charge is -2.12. The van der Waals surface area contributed by atoms with Crippen molar-refractivity contribution in [3.63, 3.8) is 0 Å². The first kappa shape index (κ1) is 9.56. The minimum Gasteiger partial charge on any atom is -0.298 e. The highest BCUT2D eigenvalue weighted by Crippen LogP contribution is 2.26. The Labute approximate surface area is 88.1 Å². The molecule has 0 amide bonds. The van der Waals surface area contributed by atoms with Gasteiger partial charge in [-0.15, -0.1) is 23.1 Å². The molecule has 1 aromatic heterocycles. The third-order valence-electron chi connectivity index (χ3n) is 2.42. The molecule has 0 aromatic carbocycles. The molecule has 0 N–H and O–H groups in total. The Morgan fingerprint density at radius 2 is 2.15 bits per heavy atom. The summed E-state index contributed by atoms with van der Waals surface area (Å²) >= 11 is 3.79. The molecular formula is C10H15NS2. The molecule has 2 rings (SSSR count). The quantitative estimate of drug-likeness (QED) is 0.710. The van der Waals surface area contributed by atoms with Crippen molar-refractivity contribution in [3.05, 3.63) is 17.0 Å². The zero-order valence-electron chi connectivity index (χ0n) is 7.95. The minimum atomic E-state index is 1.17. The van der Waals surface area contributed by atoms with E-state index < -0.39 is 0 Å². The predicted molar refractivity (Wildman–Crippen MR) is 60.6 cm³/mol. The molecule has 0 radical (unpaired) electrons. The maximum absolute atomic E-state index is 2.55. The van der Waals surface area contributed by atoms with Gasteiger partial charge in [0.05, 0.1) is 4.21 Å². The van der Waals surface area contributed by atoms with E-state index in [1.54, 1.807) is 0 Å². The van der Waals surface area contributed by atoms with E-state index in [4.69, 9.17) is 0 Å². The van der Waals surface area contributed by atoms with Crippen molar-refractivity contribution in [2.45, 2.75) is 23.6 Å². The molecule has 1 aliphatic rings. The Kier molecular flexibility index (Phi) is 3.30. The predicted octanol–water partition coefficient (Wildman–Crippen LogP) is 3.07. The van der Waals surface area contributed by atoms with Gasteiger partial charge in [0.1, 0.15) is 0 Å². The van der Waals surface area contributed by atoms with E-state index in [2.05, 4.69) is 23.3 Å². The summed E-state index contributed by atoms with van der Waals surface area (Å²) in [6.45, 7) is 3.77. The highest BCUT2D eigenvalue weighted by Gasteiger charge is 2.12. The zero-order valence-corrected chi connectivity index (χ0v) is 9.59. The fraction of sp³-hybridized carbons (Fsp3) is 0.600. The zero-order chi connectivity index (χ0) is 9.10. The number of rotatable bonds is 3. The lowest BCUT2D eigenvalue weighted by molar-refractivity contribution is 0.334. The third kappa shape index (κ3) is 2.48. The largest absolute Gasteiger partial charge is 0.298 e. The van der Waals surface area contributed by atoms with Crippen LogP contribution in [0.5, 0.6) is 0 Å². The molecule has 0 atom stereocenters. The second-order valence-corrected chi connectivity index (χ2v) is 5.68. The van der Waals surface area contributed by atoms with E-state index in [-0.39, 0.29) is 0 Å². The molecule has 3 heteroatoms. The third-order valence-corrected chi connectivity index (χ3v) is 4.57. The van der Waals surface area contributed by atoms with Gasteiger partial charge in [-0.3, -0.25) is 4.90 Å². The number of hydrogen-bond acceptors (Lipinski definition) is 3. The number of thioether (sulfide) groups is 1. The van der Waals surface area contributed by atoms with Gasteiger partial charge in [0.25, 0.3) is 0 Å². The van der Waals surface area contributed by atoms with Crippen molar-refractivity contribution in [2.24, 2.45) is 0 Å². The van der Waals surface area contributed by atoms with Crippen molar-refractivity contribution in [3.8, 4) is 0 Å². The van der Waals surface area contributed by atoms with Gasteiger partial charge in [-0.05, 0) is 44.3 Å². The van der Waals surface area contributed by atoms with Crippen molar-refractivity contribution in [2.75, 3.05) is 19.3 Å². The normalized spacial score (nSPS) is 18.2. The van der Waals surface area contributed by atoms with E-state index in [0.29, 0.717) is 0 Å². The smallest absolute Gasteiger partial charge is 0.0599 e. The molecule has 1 aromatic rings. The second kappa shape index (κ2) is 4.49. The summed E-state index contributed by atoms with van der Waals surface area (Å²) in [6, 6.07) is 4.51. The topological polar surface area (TPSA) is 3.24 Å². The monoisotopic (exact) mass is 213 g/mol. The molecule has 0 bridgehead atoms. The molecular weight excluding hydrogens is 198 g/mol. The lowest BCUT2D eigenvalue weighted by atomic mass is 10.4. The molecule has 0 aliphatic carbocycles. The highest BCUT2D eigenvalue weighted by atomic mass is 32.2. The molecule has 0 spiro atoms. The molecule has 1 aliphatic heterocycles. The Balaban J connectivity index is 1.92. The maximum atomic E-state index is 2.55. The Hall–Kier alpha value is 0.01000. The first-order valence-electron chi connectivity index (χ1n) is 4.73. The SMILES string of the molecule is CSc1ccc(CN2CCCC2)s1. The average Bonchev–Trinajstić information content (AvgIpc) is 2.76. The van der Waals surface area contributed by atoms with Gasteiger partial charge in [-0.25, -0.2) is 0 Å². The minimum absolute atomic E-state index is 1.17. The summed E-state index contributed by atoms with van der Waals surface area (Å²) in [6.07, 6.45) is 4.92. The standard InChI is InChI=1S/C10H15NS2/c1-12-10-5-4-9(13-10)8-11-6-2-3-7-11/h4-5H,2-3,6-8H2,1H3. The first-order chi connectivity index (χ1) is 6.38. The second-order valence-electron chi connectivity index (χ2n) is 3.41. The van der Waals surface area contributed by atoms with Crippen molar-refractivity contribution < 1.29 is 0 Å². The van der Waals surface area contributed by atoms with Crippen molar-refractivity contribution >= 4 is 23.1 Å². The summed E-state index contributed by atoms with van der Waals surface area (Å²) in [4.78, 5) is 4.07. The Morgan fingerprint density at radius 1 is 1.38 bits per heavy atom. The fourth-order valence-electron chi connectivity index (χ4n) is 1.71. The van der Waals surface area contributed by atoms with E-state index in [1.165, 1.54) is 41.6 Å². The Bertz CT molecular complexity index is 264. The van der Waals surface area contributed by atoms with Crippen LogP contribution in [0.4, 0.5) is 0 Å². The van der Waals surface area contributed by atoms with E-state index in [0.717, 1.165) is 0 Å².